The van der Waals surface area contributed by atoms with Gasteiger partial charge in [0.2, 0.25) is 0 Å². The van der Waals surface area contributed by atoms with Crippen molar-refractivity contribution in [3.05, 3.63) is 62.3 Å². The maximum absolute atomic E-state index is 11.9. The van der Waals surface area contributed by atoms with Gasteiger partial charge in [-0.05, 0) is 24.2 Å². The number of benzene rings is 1. The number of hydrogen-bond donors (Lipinski definition) is 1. The molecule has 2 aromatic rings. The summed E-state index contributed by atoms with van der Waals surface area (Å²) in [6.45, 7) is 5.11. The monoisotopic (exact) mass is 341 g/mol. The Morgan fingerprint density at radius 1 is 1.16 bits per heavy atom. The number of hydrogen-bond acceptors (Lipinski definition) is 5. The zero-order valence-electron chi connectivity index (χ0n) is 14.8. The highest BCUT2D eigenvalue weighted by Crippen LogP contribution is 2.07. The highest BCUT2D eigenvalue weighted by atomic mass is 16.2. The van der Waals surface area contributed by atoms with Crippen LogP contribution in [0.5, 0.6) is 0 Å². The quantitative estimate of drug-likeness (QED) is 0.809. The predicted molar refractivity (Wildman–Crippen MR) is 97.5 cm³/mol. The first-order valence-corrected chi connectivity index (χ1v) is 8.18. The molecular weight excluding hydrogens is 318 g/mol. The summed E-state index contributed by atoms with van der Waals surface area (Å²) in [4.78, 5) is 25.9. The smallest absolute Gasteiger partial charge is 0.332 e. The lowest BCUT2D eigenvalue weighted by molar-refractivity contribution is 0.291. The molecule has 132 valence electrons. The van der Waals surface area contributed by atoms with Gasteiger partial charge in [-0.3, -0.25) is 18.8 Å². The first-order valence-electron chi connectivity index (χ1n) is 8.18. The standard InChI is InChI=1S/C18H23N5O2/c1-4-23(13-15-7-5-14(12-19)6-8-15)10-9-20-16-11-17(24)22(3)18(25)21(16)2/h5-8,11,20H,4,9-10,13H2,1-3H3. The van der Waals surface area contributed by atoms with E-state index in [9.17, 15) is 9.59 Å². The Bertz CT molecular complexity index is 874. The highest BCUT2D eigenvalue weighted by molar-refractivity contribution is 5.34. The maximum atomic E-state index is 11.9. The lowest BCUT2D eigenvalue weighted by atomic mass is 10.1. The average molecular weight is 341 g/mol. The van der Waals surface area contributed by atoms with E-state index in [0.717, 1.165) is 29.8 Å². The first kappa shape index (κ1) is 18.5. The van der Waals surface area contributed by atoms with Crippen LogP contribution in [0.25, 0.3) is 0 Å². The highest BCUT2D eigenvalue weighted by Gasteiger charge is 2.07. The van der Waals surface area contributed by atoms with Crippen LogP contribution in [0, 0.1) is 11.3 Å². The third-order valence-electron chi connectivity index (χ3n) is 4.20. The molecule has 0 aliphatic heterocycles. The molecule has 0 aliphatic carbocycles. The molecule has 7 heteroatoms. The van der Waals surface area contributed by atoms with Crippen molar-refractivity contribution in [3.8, 4) is 6.07 Å². The molecule has 1 aromatic carbocycles. The molecule has 0 amide bonds. The molecule has 1 heterocycles. The Kier molecular flexibility index (Phi) is 6.14. The van der Waals surface area contributed by atoms with Crippen LogP contribution in [-0.2, 0) is 20.6 Å². The fourth-order valence-corrected chi connectivity index (χ4v) is 2.54. The van der Waals surface area contributed by atoms with E-state index in [0.29, 0.717) is 17.9 Å². The van der Waals surface area contributed by atoms with Crippen LogP contribution in [0.2, 0.25) is 0 Å². The van der Waals surface area contributed by atoms with Gasteiger partial charge in [0, 0.05) is 39.8 Å². The molecule has 0 aliphatic rings. The fraction of sp³-hybridized carbons (Fsp3) is 0.389. The molecular formula is C18H23N5O2. The summed E-state index contributed by atoms with van der Waals surface area (Å²) < 4.78 is 2.51. The zero-order chi connectivity index (χ0) is 18.4. The minimum Gasteiger partial charge on any atom is -0.370 e. The summed E-state index contributed by atoms with van der Waals surface area (Å²) in [6.07, 6.45) is 0. The van der Waals surface area contributed by atoms with Crippen molar-refractivity contribution >= 4 is 5.82 Å². The molecule has 7 nitrogen and oxygen atoms in total. The van der Waals surface area contributed by atoms with Gasteiger partial charge < -0.3 is 5.32 Å². The van der Waals surface area contributed by atoms with Crippen LogP contribution in [0.1, 0.15) is 18.1 Å². The largest absolute Gasteiger partial charge is 0.370 e. The van der Waals surface area contributed by atoms with Crippen molar-refractivity contribution < 1.29 is 0 Å². The molecule has 0 fully saturated rings. The van der Waals surface area contributed by atoms with Crippen LogP contribution in [0.4, 0.5) is 5.82 Å². The van der Waals surface area contributed by atoms with E-state index < -0.39 is 0 Å². The molecule has 1 aromatic heterocycles. The van der Waals surface area contributed by atoms with Crippen molar-refractivity contribution in [2.45, 2.75) is 13.5 Å². The lowest BCUT2D eigenvalue weighted by Crippen LogP contribution is -2.38. The third-order valence-corrected chi connectivity index (χ3v) is 4.20. The Balaban J connectivity index is 1.96. The molecule has 2 rings (SSSR count). The van der Waals surface area contributed by atoms with Gasteiger partial charge >= 0.3 is 5.69 Å². The second-order valence-electron chi connectivity index (χ2n) is 5.87. The van der Waals surface area contributed by atoms with E-state index in [4.69, 9.17) is 5.26 Å². The fourth-order valence-electron chi connectivity index (χ4n) is 2.54. The Morgan fingerprint density at radius 3 is 2.44 bits per heavy atom. The number of anilines is 1. The number of likely N-dealkylation sites (N-methyl/N-ethyl adjacent to an activating group) is 1. The Labute approximate surface area is 146 Å². The van der Waals surface area contributed by atoms with E-state index >= 15 is 0 Å². The predicted octanol–water partition coefficient (Wildman–Crippen LogP) is 0.890. The second kappa shape index (κ2) is 8.31. The molecule has 0 spiro atoms. The van der Waals surface area contributed by atoms with Gasteiger partial charge in [0.05, 0.1) is 11.6 Å². The van der Waals surface area contributed by atoms with Crippen molar-refractivity contribution in [2.75, 3.05) is 25.0 Å². The van der Waals surface area contributed by atoms with Gasteiger partial charge in [0.25, 0.3) is 5.56 Å². The summed E-state index contributed by atoms with van der Waals surface area (Å²) in [5, 5.41) is 12.0. The van der Waals surface area contributed by atoms with Crippen LogP contribution < -0.4 is 16.6 Å². The van der Waals surface area contributed by atoms with Crippen molar-refractivity contribution in [2.24, 2.45) is 14.1 Å². The van der Waals surface area contributed by atoms with E-state index in [1.165, 1.54) is 17.7 Å². The number of aromatic nitrogens is 2. The topological polar surface area (TPSA) is 83.1 Å². The molecule has 0 radical (unpaired) electrons. The van der Waals surface area contributed by atoms with Crippen molar-refractivity contribution in [1.82, 2.24) is 14.0 Å². The molecule has 25 heavy (non-hydrogen) atoms. The van der Waals surface area contributed by atoms with Gasteiger partial charge in [-0.1, -0.05) is 19.1 Å². The second-order valence-corrected chi connectivity index (χ2v) is 5.87. The van der Waals surface area contributed by atoms with Crippen LogP contribution >= 0.6 is 0 Å². The minimum atomic E-state index is -0.347. The SMILES string of the molecule is CCN(CCNc1cc(=O)n(C)c(=O)n1C)Cc1ccc(C#N)cc1. The zero-order valence-corrected chi connectivity index (χ0v) is 14.8. The number of nitrogens with zero attached hydrogens (tertiary/aromatic N) is 4. The average Bonchev–Trinajstić information content (AvgIpc) is 2.63. The molecule has 0 unspecified atom stereocenters. The molecule has 0 bridgehead atoms. The van der Waals surface area contributed by atoms with Gasteiger partial charge in [-0.15, -0.1) is 0 Å². The van der Waals surface area contributed by atoms with E-state index in [2.05, 4.69) is 23.2 Å². The summed E-state index contributed by atoms with van der Waals surface area (Å²) >= 11 is 0. The molecule has 0 saturated carbocycles. The molecule has 0 atom stereocenters. The number of rotatable bonds is 7. The van der Waals surface area contributed by atoms with Crippen LogP contribution in [0.15, 0.2) is 39.9 Å². The van der Waals surface area contributed by atoms with Gasteiger partial charge in [-0.25, -0.2) is 4.79 Å². The Morgan fingerprint density at radius 2 is 1.84 bits per heavy atom. The molecule has 1 N–H and O–H groups in total. The van der Waals surface area contributed by atoms with E-state index in [1.54, 1.807) is 7.05 Å². The van der Waals surface area contributed by atoms with E-state index in [-0.39, 0.29) is 11.2 Å². The summed E-state index contributed by atoms with van der Waals surface area (Å²) in [5.74, 6) is 0.516. The third kappa shape index (κ3) is 4.58. The normalized spacial score (nSPS) is 10.7. The summed E-state index contributed by atoms with van der Waals surface area (Å²) in [7, 11) is 3.10. The van der Waals surface area contributed by atoms with Gasteiger partial charge in [0.15, 0.2) is 0 Å². The first-order chi connectivity index (χ1) is 12.0. The summed E-state index contributed by atoms with van der Waals surface area (Å²) in [5.41, 5.74) is 1.12. The summed E-state index contributed by atoms with van der Waals surface area (Å²) in [6, 6.07) is 11.1. The van der Waals surface area contributed by atoms with Gasteiger partial charge in [-0.2, -0.15) is 5.26 Å². The van der Waals surface area contributed by atoms with Crippen molar-refractivity contribution in [3.63, 3.8) is 0 Å². The minimum absolute atomic E-state index is 0.324. The van der Waals surface area contributed by atoms with E-state index in [1.807, 2.05) is 24.3 Å². The van der Waals surface area contributed by atoms with Crippen molar-refractivity contribution in [1.29, 1.82) is 5.26 Å². The maximum Gasteiger partial charge on any atom is 0.332 e. The Hall–Kier alpha value is -2.85. The van der Waals surface area contributed by atoms with Gasteiger partial charge in [0.1, 0.15) is 5.82 Å². The lowest BCUT2D eigenvalue weighted by Gasteiger charge is -2.21. The number of nitrogens with one attached hydrogen (secondary N) is 1. The van der Waals surface area contributed by atoms with Crippen LogP contribution in [0.3, 0.4) is 0 Å². The van der Waals surface area contributed by atoms with Crippen LogP contribution in [-0.4, -0.2) is 33.7 Å². The number of nitriles is 1. The molecule has 0 saturated heterocycles.